The van der Waals surface area contributed by atoms with Gasteiger partial charge in [0.15, 0.2) is 0 Å². The number of nitrogens with two attached hydrogens (primary N) is 1. The van der Waals surface area contributed by atoms with Gasteiger partial charge in [0.05, 0.1) is 4.90 Å². The van der Waals surface area contributed by atoms with Crippen LogP contribution in [-0.2, 0) is 10.0 Å². The van der Waals surface area contributed by atoms with Gasteiger partial charge in [-0.05, 0) is 44.0 Å². The van der Waals surface area contributed by atoms with E-state index < -0.39 is 10.0 Å². The first kappa shape index (κ1) is 13.7. The Morgan fingerprint density at radius 2 is 1.94 bits per heavy atom. The minimum atomic E-state index is -3.79. The van der Waals surface area contributed by atoms with Crippen LogP contribution in [0.3, 0.4) is 0 Å². The molecule has 0 saturated carbocycles. The van der Waals surface area contributed by atoms with E-state index in [0.29, 0.717) is 12.1 Å². The number of aryl methyl sites for hydroxylation is 1. The fraction of sp³-hybridized carbons (Fsp3) is 0.364. The fourth-order valence-corrected chi connectivity index (χ4v) is 2.11. The molecule has 1 aromatic carbocycles. The fourth-order valence-electron chi connectivity index (χ4n) is 1.48. The Bertz CT molecular complexity index is 550. The average Bonchev–Trinajstić information content (AvgIpc) is 2.20. The highest BCUT2D eigenvalue weighted by Crippen LogP contribution is 2.19. The van der Waals surface area contributed by atoms with Crippen molar-refractivity contribution in [3.8, 4) is 0 Å². The molecule has 1 aromatic rings. The number of hydrogen-bond donors (Lipinski definition) is 2. The summed E-state index contributed by atoms with van der Waals surface area (Å²) >= 11 is 0. The third kappa shape index (κ3) is 3.04. The molecule has 0 aliphatic carbocycles. The highest BCUT2D eigenvalue weighted by Gasteiger charge is 2.16. The van der Waals surface area contributed by atoms with Gasteiger partial charge in [-0.2, -0.15) is 0 Å². The molecule has 0 aliphatic heterocycles. The maximum atomic E-state index is 11.8. The molecule has 0 spiro atoms. The van der Waals surface area contributed by atoms with Crippen LogP contribution in [-0.4, -0.2) is 20.9 Å². The van der Waals surface area contributed by atoms with Crippen LogP contribution in [0.4, 0.5) is 0 Å². The van der Waals surface area contributed by atoms with Crippen LogP contribution in [0.25, 0.3) is 0 Å². The summed E-state index contributed by atoms with van der Waals surface area (Å²) in [6.07, 6.45) is 0. The van der Waals surface area contributed by atoms with E-state index in [0.717, 1.165) is 11.1 Å². The lowest BCUT2D eigenvalue weighted by Gasteiger charge is -2.10. The molecule has 1 rings (SSSR count). The molecule has 0 saturated heterocycles. The molecular weight excluding hydrogens is 240 g/mol. The van der Waals surface area contributed by atoms with Gasteiger partial charge in [-0.1, -0.05) is 0 Å². The molecule has 0 fully saturated rings. The summed E-state index contributed by atoms with van der Waals surface area (Å²) < 4.78 is 22.6. The van der Waals surface area contributed by atoms with Crippen molar-refractivity contribution >= 4 is 15.9 Å². The van der Waals surface area contributed by atoms with Gasteiger partial charge in [-0.3, -0.25) is 4.79 Å². The molecule has 17 heavy (non-hydrogen) atoms. The summed E-state index contributed by atoms with van der Waals surface area (Å²) in [5.74, 6) is -0.293. The minimum absolute atomic E-state index is 0.0400. The first-order chi connectivity index (χ1) is 7.77. The second kappa shape index (κ2) is 4.85. The molecule has 0 aromatic heterocycles. The lowest BCUT2D eigenvalue weighted by atomic mass is 10.0. The highest BCUT2D eigenvalue weighted by molar-refractivity contribution is 7.89. The Morgan fingerprint density at radius 3 is 2.41 bits per heavy atom. The maximum Gasteiger partial charge on any atom is 0.251 e. The molecule has 0 atom stereocenters. The van der Waals surface area contributed by atoms with Gasteiger partial charge in [0.1, 0.15) is 0 Å². The largest absolute Gasteiger partial charge is 0.352 e. The van der Waals surface area contributed by atoms with Gasteiger partial charge in [-0.15, -0.1) is 0 Å². The molecule has 0 bridgehead atoms. The van der Waals surface area contributed by atoms with Crippen molar-refractivity contribution in [3.63, 3.8) is 0 Å². The number of sulfonamides is 1. The molecule has 1 amide bonds. The number of nitrogens with one attached hydrogen (secondary N) is 1. The topological polar surface area (TPSA) is 89.3 Å². The molecule has 6 heteroatoms. The zero-order valence-electron chi connectivity index (χ0n) is 10.1. The minimum Gasteiger partial charge on any atom is -0.352 e. The van der Waals surface area contributed by atoms with Crippen molar-refractivity contribution in [2.45, 2.75) is 25.7 Å². The van der Waals surface area contributed by atoms with Gasteiger partial charge in [0, 0.05) is 12.1 Å². The molecule has 5 nitrogen and oxygen atoms in total. The summed E-state index contributed by atoms with van der Waals surface area (Å²) in [4.78, 5) is 11.7. The summed E-state index contributed by atoms with van der Waals surface area (Å²) in [5.41, 5.74) is 1.82. The molecule has 3 N–H and O–H groups in total. The second-order valence-electron chi connectivity index (χ2n) is 3.82. The van der Waals surface area contributed by atoms with E-state index in [1.165, 1.54) is 12.1 Å². The number of amides is 1. The molecular formula is C11H16N2O3S. The number of hydrogen-bond acceptors (Lipinski definition) is 3. The normalized spacial score (nSPS) is 11.3. The van der Waals surface area contributed by atoms with Crippen molar-refractivity contribution in [2.75, 3.05) is 6.54 Å². The Kier molecular flexibility index (Phi) is 3.90. The van der Waals surface area contributed by atoms with Crippen LogP contribution in [0, 0.1) is 13.8 Å². The molecule has 0 unspecified atom stereocenters. The summed E-state index contributed by atoms with van der Waals surface area (Å²) in [5, 5.41) is 7.69. The first-order valence-electron chi connectivity index (χ1n) is 5.19. The van der Waals surface area contributed by atoms with Crippen molar-refractivity contribution in [1.82, 2.24) is 5.32 Å². The van der Waals surface area contributed by atoms with Crippen LogP contribution < -0.4 is 10.5 Å². The van der Waals surface area contributed by atoms with Gasteiger partial charge < -0.3 is 5.32 Å². The van der Waals surface area contributed by atoms with E-state index in [1.54, 1.807) is 20.8 Å². The summed E-state index contributed by atoms with van der Waals surface area (Å²) in [6, 6.07) is 2.77. The molecule has 0 aliphatic rings. The average molecular weight is 256 g/mol. The predicted octanol–water partition coefficient (Wildman–Crippen LogP) is 0.701. The third-order valence-electron chi connectivity index (χ3n) is 2.55. The maximum absolute atomic E-state index is 11.8. The van der Waals surface area contributed by atoms with Crippen molar-refractivity contribution in [3.05, 3.63) is 28.8 Å². The Labute approximate surface area is 101 Å². The quantitative estimate of drug-likeness (QED) is 0.834. The first-order valence-corrected chi connectivity index (χ1v) is 6.74. The second-order valence-corrected chi connectivity index (χ2v) is 5.38. The van der Waals surface area contributed by atoms with E-state index in [-0.39, 0.29) is 10.8 Å². The van der Waals surface area contributed by atoms with Gasteiger partial charge >= 0.3 is 0 Å². The Morgan fingerprint density at radius 1 is 1.35 bits per heavy atom. The van der Waals surface area contributed by atoms with Crippen LogP contribution in [0.5, 0.6) is 0 Å². The molecule has 0 radical (unpaired) electrons. The van der Waals surface area contributed by atoms with Crippen LogP contribution in [0.15, 0.2) is 17.0 Å². The molecule has 0 heterocycles. The number of carbonyl (C=O) groups excluding carboxylic acids is 1. The lowest BCUT2D eigenvalue weighted by Crippen LogP contribution is -2.24. The zero-order valence-corrected chi connectivity index (χ0v) is 10.9. The van der Waals surface area contributed by atoms with Crippen LogP contribution >= 0.6 is 0 Å². The van der Waals surface area contributed by atoms with E-state index >= 15 is 0 Å². The lowest BCUT2D eigenvalue weighted by molar-refractivity contribution is 0.0955. The van der Waals surface area contributed by atoms with E-state index in [2.05, 4.69) is 5.32 Å². The van der Waals surface area contributed by atoms with Gasteiger partial charge in [0.25, 0.3) is 5.91 Å². The van der Waals surface area contributed by atoms with Gasteiger partial charge in [0.2, 0.25) is 10.0 Å². The SMILES string of the molecule is CCNC(=O)c1cc(S(N)(=O)=O)cc(C)c1C. The summed E-state index contributed by atoms with van der Waals surface area (Å²) in [7, 11) is -3.79. The van der Waals surface area contributed by atoms with E-state index in [1.807, 2.05) is 0 Å². The molecule has 94 valence electrons. The van der Waals surface area contributed by atoms with E-state index in [9.17, 15) is 13.2 Å². The van der Waals surface area contributed by atoms with Crippen molar-refractivity contribution in [2.24, 2.45) is 5.14 Å². The predicted molar refractivity (Wildman–Crippen MR) is 65.3 cm³/mol. The number of benzene rings is 1. The van der Waals surface area contributed by atoms with Crippen molar-refractivity contribution < 1.29 is 13.2 Å². The van der Waals surface area contributed by atoms with E-state index in [4.69, 9.17) is 5.14 Å². The number of carbonyl (C=O) groups is 1. The van der Waals surface area contributed by atoms with Gasteiger partial charge in [-0.25, -0.2) is 13.6 Å². The highest BCUT2D eigenvalue weighted by atomic mass is 32.2. The third-order valence-corrected chi connectivity index (χ3v) is 3.44. The smallest absolute Gasteiger partial charge is 0.251 e. The zero-order chi connectivity index (χ0) is 13.2. The standard InChI is InChI=1S/C11H16N2O3S/c1-4-13-11(14)10-6-9(17(12,15)16)5-7(2)8(10)3/h5-6H,4H2,1-3H3,(H,13,14)(H2,12,15,16). The van der Waals surface area contributed by atoms with Crippen molar-refractivity contribution in [1.29, 1.82) is 0 Å². The number of rotatable bonds is 3. The summed E-state index contributed by atoms with van der Waals surface area (Å²) in [6.45, 7) is 5.79. The Hall–Kier alpha value is -1.40. The van der Waals surface area contributed by atoms with Crippen LogP contribution in [0.2, 0.25) is 0 Å². The Balaban J connectivity index is 3.40. The number of primary sulfonamides is 1. The van der Waals surface area contributed by atoms with Crippen LogP contribution in [0.1, 0.15) is 28.4 Å². The monoisotopic (exact) mass is 256 g/mol.